The quantitative estimate of drug-likeness (QED) is 0.928. The highest BCUT2D eigenvalue weighted by atomic mass is 19.4. The molecule has 1 saturated carbocycles. The molecule has 1 saturated heterocycles. The van der Waals surface area contributed by atoms with Crippen LogP contribution in [0.1, 0.15) is 36.7 Å². The van der Waals surface area contributed by atoms with Crippen LogP contribution >= 0.6 is 0 Å². The van der Waals surface area contributed by atoms with Crippen molar-refractivity contribution in [3.8, 4) is 0 Å². The van der Waals surface area contributed by atoms with Gasteiger partial charge in [-0.3, -0.25) is 4.79 Å². The smallest absolute Gasteiger partial charge is 0.433 e. The lowest BCUT2D eigenvalue weighted by Gasteiger charge is -2.19. The maximum atomic E-state index is 12.9. The van der Waals surface area contributed by atoms with Gasteiger partial charge in [0.25, 0.3) is 0 Å². The van der Waals surface area contributed by atoms with Crippen molar-refractivity contribution in [1.29, 1.82) is 0 Å². The molecule has 1 aliphatic carbocycles. The van der Waals surface area contributed by atoms with Crippen LogP contribution in [0.5, 0.6) is 0 Å². The lowest BCUT2D eigenvalue weighted by atomic mass is 10.1. The molecule has 0 amide bonds. The van der Waals surface area contributed by atoms with Gasteiger partial charge in [0.2, 0.25) is 0 Å². The molecule has 8 heteroatoms. The number of aromatic nitrogens is 2. The Morgan fingerprint density at radius 2 is 2.00 bits per heavy atom. The van der Waals surface area contributed by atoms with Crippen LogP contribution in [0.3, 0.4) is 0 Å². The SMILES string of the molecule is O=C(O)[C@H]1CCN(c2cc(C(F)(F)F)nc(C3CC3)n2)C1. The molecule has 1 aliphatic heterocycles. The van der Waals surface area contributed by atoms with Crippen molar-refractivity contribution >= 4 is 11.8 Å². The summed E-state index contributed by atoms with van der Waals surface area (Å²) in [5.74, 6) is -1.07. The summed E-state index contributed by atoms with van der Waals surface area (Å²) in [6.07, 6.45) is -2.50. The minimum atomic E-state index is -4.52. The number of aliphatic carboxylic acids is 1. The van der Waals surface area contributed by atoms with E-state index in [1.165, 1.54) is 0 Å². The number of carboxylic acid groups (broad SMARTS) is 1. The summed E-state index contributed by atoms with van der Waals surface area (Å²) in [7, 11) is 0. The van der Waals surface area contributed by atoms with Gasteiger partial charge in [0.15, 0.2) is 0 Å². The van der Waals surface area contributed by atoms with Crippen molar-refractivity contribution in [2.75, 3.05) is 18.0 Å². The number of rotatable bonds is 3. The zero-order chi connectivity index (χ0) is 15.2. The fraction of sp³-hybridized carbons (Fsp3) is 0.615. The average Bonchev–Trinajstić information content (AvgIpc) is 3.14. The van der Waals surface area contributed by atoms with Gasteiger partial charge in [-0.25, -0.2) is 9.97 Å². The molecule has 1 aromatic rings. The van der Waals surface area contributed by atoms with Gasteiger partial charge < -0.3 is 10.0 Å². The Morgan fingerprint density at radius 3 is 2.52 bits per heavy atom. The van der Waals surface area contributed by atoms with Gasteiger partial charge in [0, 0.05) is 25.1 Å². The van der Waals surface area contributed by atoms with Crippen molar-refractivity contribution in [2.45, 2.75) is 31.4 Å². The molecule has 2 fully saturated rings. The Balaban J connectivity index is 1.91. The summed E-state index contributed by atoms with van der Waals surface area (Å²) >= 11 is 0. The maximum Gasteiger partial charge on any atom is 0.433 e. The van der Waals surface area contributed by atoms with E-state index in [0.717, 1.165) is 18.9 Å². The van der Waals surface area contributed by atoms with Gasteiger partial charge in [0.1, 0.15) is 17.3 Å². The molecule has 1 atom stereocenters. The van der Waals surface area contributed by atoms with Crippen LogP contribution in [0.15, 0.2) is 6.07 Å². The lowest BCUT2D eigenvalue weighted by molar-refractivity contribution is -0.142. The maximum absolute atomic E-state index is 12.9. The standard InChI is InChI=1S/C13H14F3N3O2/c14-13(15,16)9-5-10(18-11(17-9)7-1-2-7)19-4-3-8(6-19)12(20)21/h5,7-8H,1-4,6H2,(H,20,21)/t8-/m0/s1. The lowest BCUT2D eigenvalue weighted by Crippen LogP contribution is -2.25. The summed E-state index contributed by atoms with van der Waals surface area (Å²) in [4.78, 5) is 20.4. The minimum absolute atomic E-state index is 0.00363. The van der Waals surface area contributed by atoms with Crippen molar-refractivity contribution in [1.82, 2.24) is 9.97 Å². The van der Waals surface area contributed by atoms with E-state index < -0.39 is 23.8 Å². The molecule has 114 valence electrons. The number of carboxylic acids is 1. The summed E-state index contributed by atoms with van der Waals surface area (Å²) < 4.78 is 38.8. The number of alkyl halides is 3. The highest BCUT2D eigenvalue weighted by Gasteiger charge is 2.38. The third-order valence-electron chi connectivity index (χ3n) is 3.82. The van der Waals surface area contributed by atoms with E-state index in [0.29, 0.717) is 13.0 Å². The van der Waals surface area contributed by atoms with Crippen molar-refractivity contribution in [2.24, 2.45) is 5.92 Å². The normalized spacial score (nSPS) is 22.6. The number of hydrogen-bond acceptors (Lipinski definition) is 4. The van der Waals surface area contributed by atoms with Gasteiger partial charge in [-0.2, -0.15) is 13.2 Å². The molecule has 0 bridgehead atoms. The predicted octanol–water partition coefficient (Wildman–Crippen LogP) is 2.28. The minimum Gasteiger partial charge on any atom is -0.481 e. The second-order valence-corrected chi connectivity index (χ2v) is 5.51. The predicted molar refractivity (Wildman–Crippen MR) is 67.0 cm³/mol. The van der Waals surface area contributed by atoms with Gasteiger partial charge >= 0.3 is 12.1 Å². The largest absolute Gasteiger partial charge is 0.481 e. The number of hydrogen-bond donors (Lipinski definition) is 1. The van der Waals surface area contributed by atoms with Crippen LogP contribution in [0.2, 0.25) is 0 Å². The Bertz CT molecular complexity index is 572. The monoisotopic (exact) mass is 301 g/mol. The first-order valence-corrected chi connectivity index (χ1v) is 6.78. The Kier molecular flexibility index (Phi) is 3.26. The highest BCUT2D eigenvalue weighted by Crippen LogP contribution is 2.40. The first-order valence-electron chi connectivity index (χ1n) is 6.78. The molecule has 2 aliphatic rings. The zero-order valence-corrected chi connectivity index (χ0v) is 11.1. The Labute approximate surface area is 118 Å². The number of halogens is 3. The molecule has 5 nitrogen and oxygen atoms in total. The Morgan fingerprint density at radius 1 is 1.29 bits per heavy atom. The molecule has 2 heterocycles. The Hall–Kier alpha value is -1.86. The molecule has 0 spiro atoms. The first-order chi connectivity index (χ1) is 9.84. The van der Waals surface area contributed by atoms with E-state index in [9.17, 15) is 18.0 Å². The molecule has 0 aromatic carbocycles. The molecule has 1 aromatic heterocycles. The van der Waals surface area contributed by atoms with Gasteiger partial charge in [-0.1, -0.05) is 0 Å². The number of carbonyl (C=O) groups is 1. The molecule has 0 radical (unpaired) electrons. The van der Waals surface area contributed by atoms with E-state index in [4.69, 9.17) is 5.11 Å². The zero-order valence-electron chi connectivity index (χ0n) is 11.1. The van der Waals surface area contributed by atoms with Gasteiger partial charge in [0.05, 0.1) is 5.92 Å². The molecule has 3 rings (SSSR count). The summed E-state index contributed by atoms with van der Waals surface area (Å²) in [6.45, 7) is 0.586. The fourth-order valence-corrected chi connectivity index (χ4v) is 2.45. The van der Waals surface area contributed by atoms with E-state index in [-0.39, 0.29) is 24.1 Å². The first kappa shape index (κ1) is 14.1. The van der Waals surface area contributed by atoms with Gasteiger partial charge in [-0.05, 0) is 19.3 Å². The molecule has 1 N–H and O–H groups in total. The van der Waals surface area contributed by atoms with E-state index in [1.54, 1.807) is 4.90 Å². The third-order valence-corrected chi connectivity index (χ3v) is 3.82. The van der Waals surface area contributed by atoms with Crippen molar-refractivity contribution in [3.05, 3.63) is 17.6 Å². The van der Waals surface area contributed by atoms with Gasteiger partial charge in [-0.15, -0.1) is 0 Å². The van der Waals surface area contributed by atoms with E-state index >= 15 is 0 Å². The summed E-state index contributed by atoms with van der Waals surface area (Å²) in [5, 5.41) is 8.98. The van der Waals surface area contributed by atoms with Crippen molar-refractivity contribution in [3.63, 3.8) is 0 Å². The van der Waals surface area contributed by atoms with Crippen LogP contribution in [0.25, 0.3) is 0 Å². The molecule has 21 heavy (non-hydrogen) atoms. The van der Waals surface area contributed by atoms with Crippen molar-refractivity contribution < 1.29 is 23.1 Å². The van der Waals surface area contributed by atoms with Crippen LogP contribution in [-0.4, -0.2) is 34.1 Å². The van der Waals surface area contributed by atoms with E-state index in [2.05, 4.69) is 9.97 Å². The molecule has 0 unspecified atom stereocenters. The van der Waals surface area contributed by atoms with Crippen LogP contribution in [0, 0.1) is 5.92 Å². The molecular weight excluding hydrogens is 287 g/mol. The van der Waals surface area contributed by atoms with E-state index in [1.807, 2.05) is 0 Å². The van der Waals surface area contributed by atoms with Crippen LogP contribution in [-0.2, 0) is 11.0 Å². The fourth-order valence-electron chi connectivity index (χ4n) is 2.45. The number of nitrogens with zero attached hydrogens (tertiary/aromatic N) is 3. The average molecular weight is 301 g/mol. The van der Waals surface area contributed by atoms with Crippen LogP contribution < -0.4 is 4.90 Å². The highest BCUT2D eigenvalue weighted by molar-refractivity contribution is 5.71. The second-order valence-electron chi connectivity index (χ2n) is 5.51. The van der Waals surface area contributed by atoms with Crippen LogP contribution in [0.4, 0.5) is 19.0 Å². The third kappa shape index (κ3) is 2.93. The second kappa shape index (κ2) is 4.85. The topological polar surface area (TPSA) is 66.3 Å². The molecular formula is C13H14F3N3O2. The number of anilines is 1. The summed E-state index contributed by atoms with van der Waals surface area (Å²) in [5.41, 5.74) is -0.951. The summed E-state index contributed by atoms with van der Waals surface area (Å²) in [6, 6.07) is 0.913.